The first-order valence-corrected chi connectivity index (χ1v) is 7.14. The van der Waals surface area contributed by atoms with Crippen LogP contribution in [0.25, 0.3) is 0 Å². The Balaban J connectivity index is 1.50. The van der Waals surface area contributed by atoms with E-state index in [-0.39, 0.29) is 24.2 Å². The van der Waals surface area contributed by atoms with Crippen molar-refractivity contribution in [3.8, 4) is 0 Å². The van der Waals surface area contributed by atoms with E-state index in [1.165, 1.54) is 0 Å². The molecule has 6 heteroatoms. The minimum absolute atomic E-state index is 0.107. The minimum Gasteiger partial charge on any atom is -0.459 e. The van der Waals surface area contributed by atoms with E-state index in [0.717, 1.165) is 12.8 Å². The van der Waals surface area contributed by atoms with E-state index < -0.39 is 5.97 Å². The Kier molecular flexibility index (Phi) is 3.35. The third kappa shape index (κ3) is 2.83. The van der Waals surface area contributed by atoms with Crippen LogP contribution in [0.4, 0.5) is 0 Å². The number of carbonyl (C=O) groups excluding carboxylic acids is 2. The van der Waals surface area contributed by atoms with Crippen LogP contribution >= 0.6 is 15.9 Å². The molecule has 1 aliphatic carbocycles. The number of ether oxygens (including phenoxy) is 1. The van der Waals surface area contributed by atoms with Crippen molar-refractivity contribution < 1.29 is 18.7 Å². The number of esters is 1. The highest BCUT2D eigenvalue weighted by Gasteiger charge is 2.39. The Labute approximate surface area is 119 Å². The molecule has 0 N–H and O–H groups in total. The Morgan fingerprint density at radius 1 is 1.47 bits per heavy atom. The van der Waals surface area contributed by atoms with Crippen LogP contribution in [-0.2, 0) is 9.53 Å². The zero-order valence-electron chi connectivity index (χ0n) is 10.3. The molecule has 1 aromatic rings. The smallest absolute Gasteiger partial charge is 0.374 e. The first-order chi connectivity index (χ1) is 9.13. The lowest BCUT2D eigenvalue weighted by Gasteiger charge is -2.15. The fraction of sp³-hybridized carbons (Fsp3) is 0.538. The van der Waals surface area contributed by atoms with Gasteiger partial charge in [0.15, 0.2) is 4.67 Å². The van der Waals surface area contributed by atoms with Crippen molar-refractivity contribution in [3.63, 3.8) is 0 Å². The fourth-order valence-electron chi connectivity index (χ4n) is 2.35. The van der Waals surface area contributed by atoms with E-state index in [1.807, 2.05) is 4.90 Å². The van der Waals surface area contributed by atoms with Crippen molar-refractivity contribution >= 4 is 27.8 Å². The van der Waals surface area contributed by atoms with Gasteiger partial charge < -0.3 is 14.1 Å². The van der Waals surface area contributed by atoms with Gasteiger partial charge in [0.25, 0.3) is 0 Å². The molecule has 2 heterocycles. The Morgan fingerprint density at radius 2 is 2.26 bits per heavy atom. The first-order valence-electron chi connectivity index (χ1n) is 6.35. The number of furan rings is 1. The minimum atomic E-state index is -0.483. The molecule has 0 spiro atoms. The molecule has 1 saturated carbocycles. The van der Waals surface area contributed by atoms with Crippen LogP contribution in [0.2, 0.25) is 0 Å². The number of carbonyl (C=O) groups is 2. The Morgan fingerprint density at radius 3 is 2.89 bits per heavy atom. The maximum absolute atomic E-state index is 11.7. The molecule has 0 aromatic carbocycles. The van der Waals surface area contributed by atoms with Crippen molar-refractivity contribution in [2.24, 2.45) is 5.92 Å². The highest BCUT2D eigenvalue weighted by Crippen LogP contribution is 2.32. The lowest BCUT2D eigenvalue weighted by Crippen LogP contribution is -2.27. The third-order valence-electron chi connectivity index (χ3n) is 3.45. The summed E-state index contributed by atoms with van der Waals surface area (Å²) in [6.45, 7) is 0.977. The predicted octanol–water partition coefficient (Wildman–Crippen LogP) is 2.21. The van der Waals surface area contributed by atoms with Gasteiger partial charge >= 0.3 is 5.97 Å². The number of likely N-dealkylation sites (tertiary alicyclic amines) is 1. The molecule has 1 aromatic heterocycles. The van der Waals surface area contributed by atoms with Gasteiger partial charge in [0.1, 0.15) is 0 Å². The summed E-state index contributed by atoms with van der Waals surface area (Å²) in [5.41, 5.74) is 0. The first kappa shape index (κ1) is 12.7. The average Bonchev–Trinajstić information content (AvgIpc) is 3.03. The van der Waals surface area contributed by atoms with Gasteiger partial charge in [-0.25, -0.2) is 4.79 Å². The van der Waals surface area contributed by atoms with Gasteiger partial charge in [-0.05, 0) is 40.9 Å². The van der Waals surface area contributed by atoms with Crippen LogP contribution in [-0.4, -0.2) is 36.0 Å². The third-order valence-corrected chi connectivity index (χ3v) is 3.88. The van der Waals surface area contributed by atoms with Gasteiger partial charge in [-0.3, -0.25) is 4.79 Å². The van der Waals surface area contributed by atoms with Gasteiger partial charge in [0, 0.05) is 24.9 Å². The second-order valence-corrected chi connectivity index (χ2v) is 5.83. The van der Waals surface area contributed by atoms with Crippen molar-refractivity contribution in [1.29, 1.82) is 0 Å². The summed E-state index contributed by atoms with van der Waals surface area (Å²) in [5, 5.41) is 0. The molecular weight excluding hydrogens is 314 g/mol. The summed E-state index contributed by atoms with van der Waals surface area (Å²) in [6, 6.07) is 3.64. The summed E-state index contributed by atoms with van der Waals surface area (Å²) in [4.78, 5) is 25.4. The highest BCUT2D eigenvalue weighted by atomic mass is 79.9. The molecule has 3 rings (SSSR count). The molecule has 1 unspecified atom stereocenters. The molecule has 2 fully saturated rings. The maximum atomic E-state index is 11.7. The summed E-state index contributed by atoms with van der Waals surface area (Å²) in [7, 11) is 0. The molecule has 1 aliphatic heterocycles. The number of hydrogen-bond acceptors (Lipinski definition) is 4. The van der Waals surface area contributed by atoms with Gasteiger partial charge in [-0.15, -0.1) is 0 Å². The van der Waals surface area contributed by atoms with Crippen LogP contribution in [0.3, 0.4) is 0 Å². The molecule has 0 radical (unpaired) electrons. The molecule has 1 atom stereocenters. The maximum Gasteiger partial charge on any atom is 0.374 e. The Hall–Kier alpha value is -1.30. The van der Waals surface area contributed by atoms with E-state index in [0.29, 0.717) is 23.7 Å². The second kappa shape index (κ2) is 5.00. The Bertz CT molecular complexity index is 508. The van der Waals surface area contributed by atoms with Crippen LogP contribution in [0.1, 0.15) is 29.8 Å². The molecule has 1 saturated heterocycles. The average molecular weight is 328 g/mol. The van der Waals surface area contributed by atoms with Gasteiger partial charge in [0.05, 0.1) is 6.61 Å². The number of hydrogen-bond donors (Lipinski definition) is 0. The highest BCUT2D eigenvalue weighted by molar-refractivity contribution is 9.10. The van der Waals surface area contributed by atoms with Gasteiger partial charge in [-0.1, -0.05) is 0 Å². The van der Waals surface area contributed by atoms with Crippen molar-refractivity contribution in [1.82, 2.24) is 4.90 Å². The number of rotatable bonds is 4. The number of halogens is 1. The molecular formula is C13H14BrNO4. The van der Waals surface area contributed by atoms with Crippen LogP contribution < -0.4 is 0 Å². The predicted molar refractivity (Wildman–Crippen MR) is 69.5 cm³/mol. The van der Waals surface area contributed by atoms with E-state index in [9.17, 15) is 9.59 Å². The van der Waals surface area contributed by atoms with Crippen LogP contribution in [0.15, 0.2) is 21.2 Å². The summed E-state index contributed by atoms with van der Waals surface area (Å²) < 4.78 is 10.8. The number of amides is 1. The van der Waals surface area contributed by atoms with Crippen LogP contribution in [0.5, 0.6) is 0 Å². The zero-order chi connectivity index (χ0) is 13.4. The van der Waals surface area contributed by atoms with Crippen LogP contribution in [0, 0.1) is 5.92 Å². The lowest BCUT2D eigenvalue weighted by molar-refractivity contribution is -0.128. The molecule has 19 heavy (non-hydrogen) atoms. The normalized spacial score (nSPS) is 22.9. The second-order valence-electron chi connectivity index (χ2n) is 5.05. The van der Waals surface area contributed by atoms with Gasteiger partial charge in [0.2, 0.25) is 11.7 Å². The SMILES string of the molecule is O=C(OCC1CC(=O)N(C2CC2)C1)c1ccc(Br)o1. The lowest BCUT2D eigenvalue weighted by atomic mass is 10.1. The molecule has 5 nitrogen and oxygen atoms in total. The van der Waals surface area contributed by atoms with E-state index in [2.05, 4.69) is 15.9 Å². The van der Waals surface area contributed by atoms with Crippen molar-refractivity contribution in [3.05, 3.63) is 22.6 Å². The molecule has 2 aliphatic rings. The summed E-state index contributed by atoms with van der Waals surface area (Å²) in [6.07, 6.45) is 2.70. The standard InChI is InChI=1S/C13H14BrNO4/c14-11-4-3-10(19-11)13(17)18-7-8-5-12(16)15(6-8)9-1-2-9/h3-4,8-9H,1-2,5-7H2. The topological polar surface area (TPSA) is 59.8 Å². The van der Waals surface area contributed by atoms with Gasteiger partial charge in [-0.2, -0.15) is 0 Å². The van der Waals surface area contributed by atoms with E-state index >= 15 is 0 Å². The number of nitrogens with zero attached hydrogens (tertiary/aromatic N) is 1. The molecule has 1 amide bonds. The summed E-state index contributed by atoms with van der Waals surface area (Å²) in [5.74, 6) is -0.0157. The zero-order valence-corrected chi connectivity index (χ0v) is 11.9. The largest absolute Gasteiger partial charge is 0.459 e. The fourth-order valence-corrected chi connectivity index (χ4v) is 2.65. The monoisotopic (exact) mass is 327 g/mol. The van der Waals surface area contributed by atoms with E-state index in [1.54, 1.807) is 12.1 Å². The summed E-state index contributed by atoms with van der Waals surface area (Å²) >= 11 is 3.13. The molecule has 102 valence electrons. The molecule has 0 bridgehead atoms. The van der Waals surface area contributed by atoms with Crippen molar-refractivity contribution in [2.75, 3.05) is 13.2 Å². The quantitative estimate of drug-likeness (QED) is 0.795. The van der Waals surface area contributed by atoms with E-state index in [4.69, 9.17) is 9.15 Å². The van der Waals surface area contributed by atoms with Crippen molar-refractivity contribution in [2.45, 2.75) is 25.3 Å².